The first-order valence-corrected chi connectivity index (χ1v) is 1.84. The van der Waals surface area contributed by atoms with Crippen molar-refractivity contribution in [2.24, 2.45) is 0 Å². The minimum atomic E-state index is -3.63. The molecule has 0 amide bonds. The van der Waals surface area contributed by atoms with Crippen molar-refractivity contribution < 1.29 is 114 Å². The molecule has 0 unspecified atom stereocenters. The van der Waals surface area contributed by atoms with Crippen LogP contribution in [0.5, 0.6) is 0 Å². The Bertz CT molecular complexity index is 45.5. The van der Waals surface area contributed by atoms with Crippen molar-refractivity contribution in [3.8, 4) is 0 Å². The molecule has 0 aliphatic carbocycles. The Morgan fingerprint density at radius 2 is 1.12 bits per heavy atom. The average molecular weight is 138 g/mol. The molecule has 0 atom stereocenters. The summed E-state index contributed by atoms with van der Waals surface area (Å²) < 4.78 is 8.52. The predicted molar refractivity (Wildman–Crippen MR) is 8.66 cm³/mol. The molecule has 0 radical (unpaired) electrons. The molecule has 0 heterocycles. The predicted octanol–water partition coefficient (Wildman–Crippen LogP) is -14.6. The van der Waals surface area contributed by atoms with E-state index in [-0.39, 0.29) is 99.7 Å². The molecular formula is H2Li2Na2O3Si. The van der Waals surface area contributed by atoms with Crippen molar-refractivity contribution in [3.63, 3.8) is 0 Å². The van der Waals surface area contributed by atoms with E-state index < -0.39 is 9.17 Å². The molecule has 8 heavy (non-hydrogen) atoms. The Morgan fingerprint density at radius 3 is 1.12 bits per heavy atom. The standard InChI is InChI=1S/2Li.2Na.O3Si.2H/c;;;;1-4(2)3;;/q4*+1;-2;2*-1. The quantitative estimate of drug-likeness (QED) is 0.312. The van der Waals surface area contributed by atoms with Crippen LogP contribution in [0, 0.1) is 0 Å². The van der Waals surface area contributed by atoms with Crippen LogP contribution in [0.4, 0.5) is 0 Å². The zero-order chi connectivity index (χ0) is 3.58. The largest absolute Gasteiger partial charge is 1.00 e. The smallest absolute Gasteiger partial charge is 1.00 e. The van der Waals surface area contributed by atoms with Crippen LogP contribution >= 0.6 is 0 Å². The maximum absolute atomic E-state index is 8.52. The van der Waals surface area contributed by atoms with Crippen LogP contribution in [0.25, 0.3) is 0 Å². The van der Waals surface area contributed by atoms with Crippen molar-refractivity contribution in [1.82, 2.24) is 0 Å². The maximum atomic E-state index is 8.52. The molecule has 8 heteroatoms. The first-order valence-electron chi connectivity index (χ1n) is 0.612. The van der Waals surface area contributed by atoms with E-state index in [1.165, 1.54) is 0 Å². The van der Waals surface area contributed by atoms with Crippen LogP contribution in [-0.2, 0) is 4.46 Å². The van der Waals surface area contributed by atoms with Gasteiger partial charge in [0, 0.05) is 9.17 Å². The summed E-state index contributed by atoms with van der Waals surface area (Å²) >= 11 is 0. The first-order chi connectivity index (χ1) is 1.73. The van der Waals surface area contributed by atoms with Gasteiger partial charge in [0.15, 0.2) is 0 Å². The third kappa shape index (κ3) is 68.0. The summed E-state index contributed by atoms with van der Waals surface area (Å²) in [6, 6.07) is 0. The van der Waals surface area contributed by atoms with Gasteiger partial charge in [-0.25, -0.2) is 0 Å². The number of hydrogen-bond acceptors (Lipinski definition) is 3. The van der Waals surface area contributed by atoms with Gasteiger partial charge in [0.25, 0.3) is 0 Å². The molecule has 0 spiro atoms. The molecule has 3 nitrogen and oxygen atoms in total. The minimum absolute atomic E-state index is 0. The summed E-state index contributed by atoms with van der Waals surface area (Å²) in [6.45, 7) is 0. The second-order valence-corrected chi connectivity index (χ2v) is 0.750. The van der Waals surface area contributed by atoms with E-state index in [4.69, 9.17) is 14.1 Å². The van der Waals surface area contributed by atoms with Gasteiger partial charge < -0.3 is 16.9 Å². The van der Waals surface area contributed by atoms with E-state index in [0.717, 1.165) is 0 Å². The van der Waals surface area contributed by atoms with Crippen molar-refractivity contribution in [2.45, 2.75) is 0 Å². The molecule has 0 aromatic heterocycles. The molecule has 0 N–H and O–H groups in total. The van der Waals surface area contributed by atoms with E-state index in [2.05, 4.69) is 0 Å². The second-order valence-electron chi connectivity index (χ2n) is 0.250. The molecular weight excluding hydrogens is 136 g/mol. The molecule has 0 aromatic rings. The number of rotatable bonds is 0. The summed E-state index contributed by atoms with van der Waals surface area (Å²) in [5, 5.41) is 0. The normalized spacial score (nSPS) is 3.00. The van der Waals surface area contributed by atoms with Crippen LogP contribution in [0.2, 0.25) is 0 Å². The van der Waals surface area contributed by atoms with Crippen LogP contribution < -0.4 is 106 Å². The topological polar surface area (TPSA) is 63.2 Å². The number of hydrogen-bond donors (Lipinski definition) is 0. The van der Waals surface area contributed by atoms with Gasteiger partial charge in [-0.1, -0.05) is 0 Å². The van der Waals surface area contributed by atoms with Crippen LogP contribution in [0.1, 0.15) is 2.85 Å². The van der Waals surface area contributed by atoms with Crippen molar-refractivity contribution in [2.75, 3.05) is 0 Å². The Morgan fingerprint density at radius 1 is 1.12 bits per heavy atom. The van der Waals surface area contributed by atoms with E-state index in [1.807, 2.05) is 0 Å². The van der Waals surface area contributed by atoms with Crippen LogP contribution in [0.3, 0.4) is 0 Å². The molecule has 0 fully saturated rings. The summed E-state index contributed by atoms with van der Waals surface area (Å²) in [5.74, 6) is 0. The first kappa shape index (κ1) is 30.8. The van der Waals surface area contributed by atoms with Gasteiger partial charge in [-0.15, -0.1) is 0 Å². The van der Waals surface area contributed by atoms with E-state index in [1.54, 1.807) is 0 Å². The van der Waals surface area contributed by atoms with Gasteiger partial charge >= 0.3 is 96.8 Å². The van der Waals surface area contributed by atoms with Crippen molar-refractivity contribution in [3.05, 3.63) is 0 Å². The summed E-state index contributed by atoms with van der Waals surface area (Å²) in [5.41, 5.74) is 0. The Hall–Kier alpha value is 2.81. The van der Waals surface area contributed by atoms with Gasteiger partial charge in [-0.3, -0.25) is 0 Å². The molecule has 0 saturated heterocycles. The third-order valence-corrected chi connectivity index (χ3v) is 0. The zero-order valence-electron chi connectivity index (χ0n) is 7.72. The second kappa shape index (κ2) is 22.6. The van der Waals surface area contributed by atoms with Crippen molar-refractivity contribution in [1.29, 1.82) is 0 Å². The van der Waals surface area contributed by atoms with Gasteiger partial charge in [0.1, 0.15) is 0 Å². The van der Waals surface area contributed by atoms with Gasteiger partial charge in [0.2, 0.25) is 0 Å². The maximum Gasteiger partial charge on any atom is 1.00 e. The van der Waals surface area contributed by atoms with Gasteiger partial charge in [-0.05, 0) is 0 Å². The van der Waals surface area contributed by atoms with E-state index >= 15 is 0 Å². The van der Waals surface area contributed by atoms with Gasteiger partial charge in [0.05, 0.1) is 0 Å². The summed E-state index contributed by atoms with van der Waals surface area (Å²) in [6.07, 6.45) is 0. The third-order valence-electron chi connectivity index (χ3n) is 0. The summed E-state index contributed by atoms with van der Waals surface area (Å²) in [7, 11) is -3.63. The molecule has 0 aliphatic rings. The fourth-order valence-electron chi connectivity index (χ4n) is 0. The molecule has 0 bridgehead atoms. The molecule has 0 rings (SSSR count). The zero-order valence-corrected chi connectivity index (χ0v) is 10.7. The average Bonchev–Trinajstić information content (AvgIpc) is 0.811. The van der Waals surface area contributed by atoms with Crippen molar-refractivity contribution >= 4 is 9.17 Å². The SMILES string of the molecule is O=[Si]([O-])[O-].[H-].[H-].[Li+].[Li+].[Na+].[Na+]. The minimum Gasteiger partial charge on any atom is -1.00 e. The van der Waals surface area contributed by atoms with E-state index in [0.29, 0.717) is 0 Å². The van der Waals surface area contributed by atoms with E-state index in [9.17, 15) is 0 Å². The Labute approximate surface area is 121 Å². The monoisotopic (exact) mass is 138 g/mol. The molecule has 0 saturated carbocycles. The van der Waals surface area contributed by atoms with Gasteiger partial charge in [-0.2, -0.15) is 0 Å². The molecule has 28 valence electrons. The molecule has 0 aliphatic heterocycles. The fourth-order valence-corrected chi connectivity index (χ4v) is 0. The Balaban J connectivity index is -0.00000000300. The molecule has 0 aromatic carbocycles. The fraction of sp³-hybridized carbons (Fsp3) is 0. The summed E-state index contributed by atoms with van der Waals surface area (Å²) in [4.78, 5) is 17.0. The van der Waals surface area contributed by atoms with Crippen LogP contribution in [0.15, 0.2) is 0 Å². The Kier molecular flexibility index (Phi) is 86.9. The van der Waals surface area contributed by atoms with Crippen LogP contribution in [-0.4, -0.2) is 9.17 Å².